The van der Waals surface area contributed by atoms with Gasteiger partial charge in [0.05, 0.1) is 0 Å². The molecule has 0 heterocycles. The Kier molecular flexibility index (Phi) is 6.39. The lowest BCUT2D eigenvalue weighted by atomic mass is 10.1. The summed E-state index contributed by atoms with van der Waals surface area (Å²) in [5, 5.41) is 15.8. The number of hydrazone groups is 1. The van der Waals surface area contributed by atoms with E-state index >= 15 is 0 Å². The summed E-state index contributed by atoms with van der Waals surface area (Å²) in [4.78, 5) is 23.3. The normalized spacial score (nSPS) is 12.6. The zero-order valence-corrected chi connectivity index (χ0v) is 12.5. The first-order valence-electron chi connectivity index (χ1n) is 6.80. The van der Waals surface area contributed by atoms with Crippen LogP contribution in [0.3, 0.4) is 0 Å². The molecule has 6 heteroatoms. The van der Waals surface area contributed by atoms with Gasteiger partial charge in [-0.25, -0.2) is 5.43 Å². The number of rotatable bonds is 6. The number of carbonyl (C=O) groups is 2. The Labute approximate surface area is 124 Å². The Morgan fingerprint density at radius 1 is 1.24 bits per heavy atom. The van der Waals surface area contributed by atoms with Gasteiger partial charge in [-0.05, 0) is 31.0 Å². The van der Waals surface area contributed by atoms with Gasteiger partial charge in [0, 0.05) is 19.1 Å². The minimum Gasteiger partial charge on any atom is -0.508 e. The predicted molar refractivity (Wildman–Crippen MR) is 81.0 cm³/mol. The Bertz CT molecular complexity index is 523. The van der Waals surface area contributed by atoms with Crippen LogP contribution < -0.4 is 10.7 Å². The van der Waals surface area contributed by atoms with Gasteiger partial charge >= 0.3 is 0 Å². The molecule has 0 saturated heterocycles. The highest BCUT2D eigenvalue weighted by molar-refractivity contribution is 5.89. The van der Waals surface area contributed by atoms with E-state index in [1.54, 1.807) is 12.1 Å². The van der Waals surface area contributed by atoms with Crippen LogP contribution in [-0.2, 0) is 16.0 Å². The van der Waals surface area contributed by atoms with Crippen LogP contribution in [-0.4, -0.2) is 28.7 Å². The molecule has 114 valence electrons. The molecule has 0 saturated carbocycles. The van der Waals surface area contributed by atoms with E-state index in [9.17, 15) is 14.7 Å². The Morgan fingerprint density at radius 3 is 2.38 bits per heavy atom. The molecule has 1 aromatic carbocycles. The number of hydrogen-bond donors (Lipinski definition) is 3. The largest absolute Gasteiger partial charge is 0.508 e. The van der Waals surface area contributed by atoms with Crippen molar-refractivity contribution in [3.63, 3.8) is 0 Å². The van der Waals surface area contributed by atoms with Gasteiger partial charge in [-0.1, -0.05) is 19.1 Å². The standard InChI is InChI=1S/C15H21N3O3/c1-4-10(2)17-18-15(21)14(16-11(3)19)9-12-5-7-13(20)8-6-12/h5-8,14,20H,4,9H2,1-3H3,(H,16,19)(H,18,21)/b17-10-. The number of benzene rings is 1. The molecule has 0 aliphatic heterocycles. The maximum absolute atomic E-state index is 12.1. The quantitative estimate of drug-likeness (QED) is 0.545. The van der Waals surface area contributed by atoms with Crippen molar-refractivity contribution in [2.45, 2.75) is 39.7 Å². The minimum atomic E-state index is -0.708. The van der Waals surface area contributed by atoms with Crippen LogP contribution >= 0.6 is 0 Å². The fourth-order valence-electron chi connectivity index (χ4n) is 1.63. The van der Waals surface area contributed by atoms with E-state index in [2.05, 4.69) is 15.8 Å². The summed E-state index contributed by atoms with van der Waals surface area (Å²) in [6.45, 7) is 5.11. The second-order valence-electron chi connectivity index (χ2n) is 4.80. The van der Waals surface area contributed by atoms with Crippen LogP contribution in [0.15, 0.2) is 29.4 Å². The fraction of sp³-hybridized carbons (Fsp3) is 0.400. The van der Waals surface area contributed by atoms with Crippen LogP contribution in [0.2, 0.25) is 0 Å². The Morgan fingerprint density at radius 2 is 1.86 bits per heavy atom. The summed E-state index contributed by atoms with van der Waals surface area (Å²) in [7, 11) is 0. The molecule has 0 aliphatic rings. The molecule has 2 amide bonds. The van der Waals surface area contributed by atoms with E-state index in [0.717, 1.165) is 17.7 Å². The number of phenolic OH excluding ortho intramolecular Hbond substituents is 1. The van der Waals surface area contributed by atoms with Gasteiger partial charge in [-0.15, -0.1) is 0 Å². The first-order valence-corrected chi connectivity index (χ1v) is 6.80. The average molecular weight is 291 g/mol. The van der Waals surface area contributed by atoms with Crippen LogP contribution in [0, 0.1) is 0 Å². The van der Waals surface area contributed by atoms with Gasteiger partial charge in [-0.2, -0.15) is 5.10 Å². The van der Waals surface area contributed by atoms with E-state index in [1.165, 1.54) is 19.1 Å². The fourth-order valence-corrected chi connectivity index (χ4v) is 1.63. The van der Waals surface area contributed by atoms with E-state index < -0.39 is 6.04 Å². The number of nitrogens with zero attached hydrogens (tertiary/aromatic N) is 1. The van der Waals surface area contributed by atoms with E-state index in [-0.39, 0.29) is 17.6 Å². The summed E-state index contributed by atoms with van der Waals surface area (Å²) in [6.07, 6.45) is 1.06. The van der Waals surface area contributed by atoms with Gasteiger partial charge < -0.3 is 10.4 Å². The second-order valence-corrected chi connectivity index (χ2v) is 4.80. The first kappa shape index (κ1) is 16.7. The highest BCUT2D eigenvalue weighted by atomic mass is 16.3. The highest BCUT2D eigenvalue weighted by Crippen LogP contribution is 2.11. The topological polar surface area (TPSA) is 90.8 Å². The average Bonchev–Trinajstić information content (AvgIpc) is 2.45. The molecule has 0 aromatic heterocycles. The van der Waals surface area contributed by atoms with E-state index in [0.29, 0.717) is 6.42 Å². The number of aromatic hydroxyl groups is 1. The second kappa shape index (κ2) is 8.04. The molecule has 0 spiro atoms. The molecule has 0 fully saturated rings. The van der Waals surface area contributed by atoms with Gasteiger partial charge in [0.25, 0.3) is 5.91 Å². The highest BCUT2D eigenvalue weighted by Gasteiger charge is 2.19. The molecule has 6 nitrogen and oxygen atoms in total. The van der Waals surface area contributed by atoms with Crippen LogP contribution in [0.5, 0.6) is 5.75 Å². The molecule has 0 aliphatic carbocycles. The number of hydrogen-bond acceptors (Lipinski definition) is 4. The summed E-state index contributed by atoms with van der Waals surface area (Å²) in [6, 6.07) is 5.78. The molecular weight excluding hydrogens is 270 g/mol. The minimum absolute atomic E-state index is 0.155. The summed E-state index contributed by atoms with van der Waals surface area (Å²) in [5.74, 6) is -0.501. The van der Waals surface area contributed by atoms with Crippen molar-refractivity contribution < 1.29 is 14.7 Å². The van der Waals surface area contributed by atoms with Crippen LogP contribution in [0.25, 0.3) is 0 Å². The zero-order chi connectivity index (χ0) is 15.8. The summed E-state index contributed by atoms with van der Waals surface area (Å²) in [5.41, 5.74) is 4.09. The molecule has 21 heavy (non-hydrogen) atoms. The Hall–Kier alpha value is -2.37. The Balaban J connectivity index is 2.77. The van der Waals surface area contributed by atoms with Crippen molar-refractivity contribution in [2.24, 2.45) is 5.10 Å². The third-order valence-corrected chi connectivity index (χ3v) is 2.94. The zero-order valence-electron chi connectivity index (χ0n) is 12.5. The smallest absolute Gasteiger partial charge is 0.262 e. The number of nitrogens with one attached hydrogen (secondary N) is 2. The lowest BCUT2D eigenvalue weighted by Crippen LogP contribution is -2.46. The molecule has 1 unspecified atom stereocenters. The van der Waals surface area contributed by atoms with Gasteiger partial charge in [0.15, 0.2) is 0 Å². The summed E-state index contributed by atoms with van der Waals surface area (Å²) >= 11 is 0. The van der Waals surface area contributed by atoms with Crippen LogP contribution in [0.1, 0.15) is 32.8 Å². The number of amides is 2. The van der Waals surface area contributed by atoms with Crippen molar-refractivity contribution in [1.29, 1.82) is 0 Å². The maximum atomic E-state index is 12.1. The number of phenols is 1. The molecule has 1 rings (SSSR count). The van der Waals surface area contributed by atoms with E-state index in [1.807, 2.05) is 13.8 Å². The van der Waals surface area contributed by atoms with Crippen molar-refractivity contribution in [1.82, 2.24) is 10.7 Å². The third kappa shape index (κ3) is 6.07. The monoisotopic (exact) mass is 291 g/mol. The summed E-state index contributed by atoms with van der Waals surface area (Å²) < 4.78 is 0. The van der Waals surface area contributed by atoms with Crippen LogP contribution in [0.4, 0.5) is 0 Å². The lowest BCUT2D eigenvalue weighted by molar-refractivity contribution is -0.128. The lowest BCUT2D eigenvalue weighted by Gasteiger charge is -2.16. The molecule has 1 aromatic rings. The molecule has 0 bridgehead atoms. The molecule has 1 atom stereocenters. The SMILES string of the molecule is CC/C(C)=N\NC(=O)C(Cc1ccc(O)cc1)NC(C)=O. The van der Waals surface area contributed by atoms with Gasteiger partial charge in [0.1, 0.15) is 11.8 Å². The van der Waals surface area contributed by atoms with E-state index in [4.69, 9.17) is 0 Å². The molecular formula is C15H21N3O3. The third-order valence-electron chi connectivity index (χ3n) is 2.94. The van der Waals surface area contributed by atoms with Crippen molar-refractivity contribution in [3.8, 4) is 5.75 Å². The van der Waals surface area contributed by atoms with Gasteiger partial charge in [-0.3, -0.25) is 9.59 Å². The first-order chi connectivity index (χ1) is 9.92. The molecule has 3 N–H and O–H groups in total. The molecule has 0 radical (unpaired) electrons. The predicted octanol–water partition coefficient (Wildman–Crippen LogP) is 1.34. The van der Waals surface area contributed by atoms with Crippen molar-refractivity contribution in [3.05, 3.63) is 29.8 Å². The van der Waals surface area contributed by atoms with Crippen molar-refractivity contribution >= 4 is 17.5 Å². The van der Waals surface area contributed by atoms with Crippen molar-refractivity contribution in [2.75, 3.05) is 0 Å². The number of carbonyl (C=O) groups excluding carboxylic acids is 2. The maximum Gasteiger partial charge on any atom is 0.262 e. The van der Waals surface area contributed by atoms with Gasteiger partial charge in [0.2, 0.25) is 5.91 Å².